The predicted molar refractivity (Wildman–Crippen MR) is 127 cm³/mol. The highest BCUT2D eigenvalue weighted by molar-refractivity contribution is 5.94. The average molecular weight is 574 g/mol. The van der Waals surface area contributed by atoms with Crippen molar-refractivity contribution >= 4 is 23.6 Å². The molecular weight excluding hydrogens is 541 g/mol. The van der Waals surface area contributed by atoms with Gasteiger partial charge in [0.15, 0.2) is 0 Å². The number of alkyl halides is 5. The van der Waals surface area contributed by atoms with Crippen LogP contribution in [0.5, 0.6) is 0 Å². The zero-order valence-electron chi connectivity index (χ0n) is 22.2. The Morgan fingerprint density at radius 3 is 2.33 bits per heavy atom. The fraction of sp³-hybridized carbons (Fsp3) is 0.808. The second-order valence-electron chi connectivity index (χ2n) is 12.9. The Kier molecular flexibility index (Phi) is 6.62. The molecule has 3 saturated carbocycles. The van der Waals surface area contributed by atoms with Gasteiger partial charge >= 0.3 is 12.1 Å². The Morgan fingerprint density at radius 2 is 1.77 bits per heavy atom. The van der Waals surface area contributed by atoms with Gasteiger partial charge < -0.3 is 20.9 Å². The first kappa shape index (κ1) is 28.5. The van der Waals surface area contributed by atoms with Crippen LogP contribution in [0, 0.1) is 58.2 Å². The van der Waals surface area contributed by atoms with Crippen LogP contribution < -0.4 is 16.0 Å². The molecule has 0 radical (unpaired) electrons. The van der Waals surface area contributed by atoms with Gasteiger partial charge in [-0.1, -0.05) is 20.8 Å². The van der Waals surface area contributed by atoms with E-state index >= 15 is 0 Å². The van der Waals surface area contributed by atoms with Crippen molar-refractivity contribution in [2.24, 2.45) is 46.8 Å². The largest absolute Gasteiger partial charge is 0.471 e. The van der Waals surface area contributed by atoms with E-state index in [2.05, 4.69) is 10.6 Å². The zero-order chi connectivity index (χ0) is 29.5. The van der Waals surface area contributed by atoms with Crippen molar-refractivity contribution in [1.29, 1.82) is 5.26 Å². The molecule has 5 aliphatic rings. The minimum Gasteiger partial charge on any atom is -0.356 e. The lowest BCUT2D eigenvalue weighted by atomic mass is 9.78. The van der Waals surface area contributed by atoms with Crippen molar-refractivity contribution in [1.82, 2.24) is 20.9 Å². The van der Waals surface area contributed by atoms with Crippen LogP contribution in [0.25, 0.3) is 0 Å². The lowest BCUT2D eigenvalue weighted by molar-refractivity contribution is -0.176. The molecular formula is C26H32F5N5O4. The highest BCUT2D eigenvalue weighted by Gasteiger charge is 2.83. The SMILES string of the molecule is CC(C)(C)[C@H](NC(=O)C(F)(F)F)C(=O)N1C[C@@H]2[C@H]3C[C@@H]([C@@H]2[C@H]1C(=O)N[C@H](C#N)C[C@@H]1CCNC1=O)[C@H]1[C@@H]3C1(F)F. The molecule has 2 bridgehead atoms. The predicted octanol–water partition coefficient (Wildman–Crippen LogP) is 1.59. The summed E-state index contributed by atoms with van der Waals surface area (Å²) in [5.74, 6) is -11.5. The van der Waals surface area contributed by atoms with E-state index in [1.165, 1.54) is 20.8 Å². The van der Waals surface area contributed by atoms with E-state index in [1.54, 1.807) is 5.32 Å². The van der Waals surface area contributed by atoms with Gasteiger partial charge in [-0.05, 0) is 48.3 Å². The van der Waals surface area contributed by atoms with Crippen molar-refractivity contribution < 1.29 is 41.1 Å². The van der Waals surface area contributed by atoms with Crippen molar-refractivity contribution in [2.75, 3.05) is 13.1 Å². The van der Waals surface area contributed by atoms with Gasteiger partial charge in [-0.15, -0.1) is 0 Å². The van der Waals surface area contributed by atoms with Crippen LogP contribution in [-0.4, -0.2) is 71.8 Å². The summed E-state index contributed by atoms with van der Waals surface area (Å²) in [7, 11) is 0. The summed E-state index contributed by atoms with van der Waals surface area (Å²) in [6, 6.07) is -2.11. The molecule has 2 aliphatic heterocycles. The van der Waals surface area contributed by atoms with Crippen LogP contribution in [0.1, 0.15) is 40.0 Å². The first-order valence-electron chi connectivity index (χ1n) is 13.5. The topological polar surface area (TPSA) is 131 Å². The number of nitriles is 1. The molecule has 0 aromatic heterocycles. The van der Waals surface area contributed by atoms with Gasteiger partial charge in [0.25, 0.3) is 5.92 Å². The third-order valence-corrected chi connectivity index (χ3v) is 9.63. The number of hydrogen-bond donors (Lipinski definition) is 3. The summed E-state index contributed by atoms with van der Waals surface area (Å²) in [6.45, 7) is 4.72. The van der Waals surface area contributed by atoms with E-state index in [-0.39, 0.29) is 18.9 Å². The molecule has 5 rings (SSSR count). The second kappa shape index (κ2) is 9.27. The zero-order valence-corrected chi connectivity index (χ0v) is 22.2. The van der Waals surface area contributed by atoms with Gasteiger partial charge in [-0.3, -0.25) is 19.2 Å². The maximum atomic E-state index is 14.5. The maximum Gasteiger partial charge on any atom is 0.471 e. The molecule has 5 fully saturated rings. The third-order valence-electron chi connectivity index (χ3n) is 9.63. The number of carbonyl (C=O) groups excluding carboxylic acids is 4. The Bertz CT molecular complexity index is 1160. The fourth-order valence-electron chi connectivity index (χ4n) is 7.93. The molecule has 0 unspecified atom stereocenters. The van der Waals surface area contributed by atoms with Crippen molar-refractivity contribution in [3.8, 4) is 6.07 Å². The van der Waals surface area contributed by atoms with Gasteiger partial charge in [-0.2, -0.15) is 18.4 Å². The molecule has 14 heteroatoms. The van der Waals surface area contributed by atoms with Gasteiger partial charge in [0.05, 0.1) is 6.07 Å². The molecule has 9 nitrogen and oxygen atoms in total. The number of amides is 4. The minimum absolute atomic E-state index is 0.0178. The fourth-order valence-corrected chi connectivity index (χ4v) is 7.93. The first-order chi connectivity index (χ1) is 18.5. The van der Waals surface area contributed by atoms with Gasteiger partial charge in [0.1, 0.15) is 18.1 Å². The number of fused-ring (bicyclic) bond motifs is 8. The van der Waals surface area contributed by atoms with Crippen LogP contribution in [0.3, 0.4) is 0 Å². The number of hydrogen-bond acceptors (Lipinski definition) is 5. The number of carbonyl (C=O) groups is 4. The van der Waals surface area contributed by atoms with Crippen LogP contribution >= 0.6 is 0 Å². The van der Waals surface area contributed by atoms with E-state index in [9.17, 15) is 46.4 Å². The Balaban J connectivity index is 1.43. The summed E-state index contributed by atoms with van der Waals surface area (Å²) >= 11 is 0. The van der Waals surface area contributed by atoms with Gasteiger partial charge in [-0.25, -0.2) is 8.78 Å². The van der Waals surface area contributed by atoms with E-state index in [0.717, 1.165) is 4.90 Å². The Hall–Kier alpha value is -2.98. The molecule has 220 valence electrons. The highest BCUT2D eigenvalue weighted by atomic mass is 19.4. The maximum absolute atomic E-state index is 14.5. The van der Waals surface area contributed by atoms with E-state index in [1.807, 2.05) is 6.07 Å². The summed E-state index contributed by atoms with van der Waals surface area (Å²) < 4.78 is 68.4. The van der Waals surface area contributed by atoms with E-state index < -0.39 is 94.8 Å². The molecule has 3 aliphatic carbocycles. The van der Waals surface area contributed by atoms with Crippen LogP contribution in [0.2, 0.25) is 0 Å². The van der Waals surface area contributed by atoms with Crippen molar-refractivity contribution in [3.05, 3.63) is 0 Å². The van der Waals surface area contributed by atoms with Crippen molar-refractivity contribution in [2.45, 2.75) is 70.3 Å². The first-order valence-corrected chi connectivity index (χ1v) is 13.5. The van der Waals surface area contributed by atoms with E-state index in [0.29, 0.717) is 19.4 Å². The van der Waals surface area contributed by atoms with Crippen LogP contribution in [-0.2, 0) is 19.2 Å². The number of nitrogens with zero attached hydrogens (tertiary/aromatic N) is 2. The lowest BCUT2D eigenvalue weighted by Crippen LogP contribution is -2.60. The quantitative estimate of drug-likeness (QED) is 0.416. The molecule has 3 N–H and O–H groups in total. The second-order valence-corrected chi connectivity index (χ2v) is 12.9. The molecule has 0 aromatic carbocycles. The van der Waals surface area contributed by atoms with Crippen LogP contribution in [0.4, 0.5) is 22.0 Å². The molecule has 0 spiro atoms. The number of nitrogens with one attached hydrogen (secondary N) is 3. The Labute approximate surface area is 227 Å². The molecule has 0 aromatic rings. The van der Waals surface area contributed by atoms with E-state index in [4.69, 9.17) is 0 Å². The monoisotopic (exact) mass is 573 g/mol. The molecule has 40 heavy (non-hydrogen) atoms. The third kappa shape index (κ3) is 4.49. The number of likely N-dealkylation sites (tertiary alicyclic amines) is 1. The molecule has 2 saturated heterocycles. The molecule has 10 atom stereocenters. The molecule has 4 amide bonds. The number of rotatable bonds is 6. The number of halogens is 5. The minimum atomic E-state index is -5.25. The summed E-state index contributed by atoms with van der Waals surface area (Å²) in [5, 5.41) is 16.7. The lowest BCUT2D eigenvalue weighted by Gasteiger charge is -2.37. The van der Waals surface area contributed by atoms with Crippen LogP contribution in [0.15, 0.2) is 0 Å². The smallest absolute Gasteiger partial charge is 0.356 e. The summed E-state index contributed by atoms with van der Waals surface area (Å²) in [5.41, 5.74) is -1.18. The average Bonchev–Trinajstić information content (AvgIpc) is 3.39. The summed E-state index contributed by atoms with van der Waals surface area (Å²) in [6.07, 6.45) is -4.28. The highest BCUT2D eigenvalue weighted by Crippen LogP contribution is 2.78. The Morgan fingerprint density at radius 1 is 1.12 bits per heavy atom. The van der Waals surface area contributed by atoms with Gasteiger partial charge in [0, 0.05) is 30.8 Å². The summed E-state index contributed by atoms with van der Waals surface area (Å²) in [4.78, 5) is 52.5. The standard InChI is InChI=1S/C26H32F5N5O4/c1-24(2,3)19(35-23(40)26(29,30)31)22(39)36-9-14-12-7-13(17-16(12)25(17,27)28)15(14)18(36)21(38)34-11(8-32)6-10-4-5-33-20(10)37/h10-19H,4-7,9H2,1-3H3,(H,33,37)(H,34,38)(H,35,40)/t10-,11-,12+,13-,14+,15-,16+,17-,18-,19+/m0/s1. The normalized spacial score (nSPS) is 36.7. The molecule has 2 heterocycles. The van der Waals surface area contributed by atoms with Gasteiger partial charge in [0.2, 0.25) is 17.7 Å². The van der Waals surface area contributed by atoms with Crippen molar-refractivity contribution in [3.63, 3.8) is 0 Å².